The molecule has 0 atom stereocenters. The molecular weight excluding hydrogens is 374 g/mol. The van der Waals surface area contributed by atoms with Crippen LogP contribution in [-0.4, -0.2) is 23.5 Å². The molecule has 0 bridgehead atoms. The zero-order valence-corrected chi connectivity index (χ0v) is 15.6. The zero-order chi connectivity index (χ0) is 19.1. The molecule has 0 saturated heterocycles. The molecule has 0 aliphatic carbocycles. The average molecular weight is 389 g/mol. The highest BCUT2D eigenvalue weighted by Gasteiger charge is 2.34. The van der Waals surface area contributed by atoms with Crippen molar-refractivity contribution < 1.29 is 19.1 Å². The van der Waals surface area contributed by atoms with Crippen LogP contribution in [0.25, 0.3) is 11.6 Å². The van der Waals surface area contributed by atoms with Gasteiger partial charge in [-0.1, -0.05) is 24.3 Å². The second kappa shape index (κ2) is 6.65. The molecule has 0 radical (unpaired) electrons. The third kappa shape index (κ3) is 2.78. The maximum Gasteiger partial charge on any atom is 0.261 e. The normalized spacial score (nSPS) is 16.6. The minimum atomic E-state index is -0.299. The molecule has 0 fully saturated rings. The van der Waals surface area contributed by atoms with E-state index in [4.69, 9.17) is 9.47 Å². The summed E-state index contributed by atoms with van der Waals surface area (Å²) in [7, 11) is 0. The van der Waals surface area contributed by atoms with E-state index in [0.717, 1.165) is 11.1 Å². The van der Waals surface area contributed by atoms with Gasteiger partial charge in [-0.3, -0.25) is 14.5 Å². The number of benzene rings is 2. The quantitative estimate of drug-likeness (QED) is 0.498. The Kier molecular flexibility index (Phi) is 3.98. The molecular formula is C22H15NO4S. The Hall–Kier alpha value is -3.38. The van der Waals surface area contributed by atoms with Crippen molar-refractivity contribution in [2.75, 3.05) is 6.79 Å². The topological polar surface area (TPSA) is 55.8 Å². The molecule has 5 nitrogen and oxygen atoms in total. The molecule has 5 rings (SSSR count). The Morgan fingerprint density at radius 1 is 0.964 bits per heavy atom. The summed E-state index contributed by atoms with van der Waals surface area (Å²) in [6, 6.07) is 14.6. The fraction of sp³-hybridized carbons (Fsp3) is 0.0909. The molecule has 2 aliphatic rings. The number of carbonyl (C=O) groups excluding carboxylic acids is 2. The smallest absolute Gasteiger partial charge is 0.261 e. The van der Waals surface area contributed by atoms with Crippen molar-refractivity contribution in [2.24, 2.45) is 0 Å². The van der Waals surface area contributed by atoms with Crippen molar-refractivity contribution in [1.82, 2.24) is 4.90 Å². The molecule has 0 N–H and O–H groups in total. The largest absolute Gasteiger partial charge is 0.454 e. The molecule has 3 aromatic rings. The van der Waals surface area contributed by atoms with E-state index in [1.54, 1.807) is 23.5 Å². The predicted octanol–water partition coefficient (Wildman–Crippen LogP) is 4.20. The van der Waals surface area contributed by atoms with Gasteiger partial charge in [-0.2, -0.15) is 11.3 Å². The number of thiophene rings is 1. The lowest BCUT2D eigenvalue weighted by Crippen LogP contribution is -2.41. The Bertz CT molecular complexity index is 1120. The van der Waals surface area contributed by atoms with Crippen LogP contribution in [0.15, 0.2) is 59.3 Å². The molecule has 2 aliphatic heterocycles. The number of imide groups is 1. The summed E-state index contributed by atoms with van der Waals surface area (Å²) in [5.74, 6) is 0.709. The van der Waals surface area contributed by atoms with Crippen molar-refractivity contribution in [3.8, 4) is 11.5 Å². The van der Waals surface area contributed by atoms with Crippen LogP contribution in [0.3, 0.4) is 0 Å². The minimum absolute atomic E-state index is 0.170. The molecule has 0 unspecified atom stereocenters. The Labute approximate surface area is 165 Å². The van der Waals surface area contributed by atoms with Crippen LogP contribution in [0.2, 0.25) is 0 Å². The first kappa shape index (κ1) is 16.8. The standard InChI is InChI=1S/C22H15NO4S/c24-21-17-4-2-1-3-16(17)18(9-15-7-8-28-12-15)22(25)23(21)11-14-5-6-19-20(10-14)27-13-26-19/h1-10,12H,11,13H2/b18-9+. The van der Waals surface area contributed by atoms with E-state index in [-0.39, 0.29) is 25.2 Å². The number of fused-ring (bicyclic) bond motifs is 2. The number of amides is 2. The maximum atomic E-state index is 13.2. The lowest BCUT2D eigenvalue weighted by molar-refractivity contribution is -0.123. The van der Waals surface area contributed by atoms with E-state index in [1.807, 2.05) is 53.2 Å². The van der Waals surface area contributed by atoms with E-state index in [1.165, 1.54) is 4.90 Å². The molecule has 2 aromatic carbocycles. The van der Waals surface area contributed by atoms with Crippen molar-refractivity contribution >= 4 is 34.8 Å². The molecule has 2 amide bonds. The van der Waals surface area contributed by atoms with Crippen LogP contribution < -0.4 is 9.47 Å². The van der Waals surface area contributed by atoms with Crippen LogP contribution in [0, 0.1) is 0 Å². The second-order valence-electron chi connectivity index (χ2n) is 6.54. The van der Waals surface area contributed by atoms with Gasteiger partial charge in [-0.05, 0) is 57.8 Å². The van der Waals surface area contributed by atoms with Crippen LogP contribution in [-0.2, 0) is 11.3 Å². The first-order valence-corrected chi connectivity index (χ1v) is 9.73. The van der Waals surface area contributed by atoms with E-state index in [9.17, 15) is 9.59 Å². The fourth-order valence-corrected chi connectivity index (χ4v) is 4.05. The lowest BCUT2D eigenvalue weighted by Gasteiger charge is -2.28. The van der Waals surface area contributed by atoms with Gasteiger partial charge in [0.05, 0.1) is 6.54 Å². The highest BCUT2D eigenvalue weighted by molar-refractivity contribution is 7.08. The monoisotopic (exact) mass is 389 g/mol. The van der Waals surface area contributed by atoms with Crippen LogP contribution in [0.4, 0.5) is 0 Å². The first-order chi connectivity index (χ1) is 13.7. The fourth-order valence-electron chi connectivity index (χ4n) is 3.43. The molecule has 28 heavy (non-hydrogen) atoms. The highest BCUT2D eigenvalue weighted by atomic mass is 32.1. The van der Waals surface area contributed by atoms with Gasteiger partial charge in [0, 0.05) is 11.1 Å². The summed E-state index contributed by atoms with van der Waals surface area (Å²) in [5.41, 5.74) is 3.48. The SMILES string of the molecule is O=C1/C(=C/c2ccsc2)c2ccccc2C(=O)N1Cc1ccc2c(c1)OCO2. The first-order valence-electron chi connectivity index (χ1n) is 8.79. The minimum Gasteiger partial charge on any atom is -0.454 e. The van der Waals surface area contributed by atoms with Crippen molar-refractivity contribution in [1.29, 1.82) is 0 Å². The number of ether oxygens (including phenoxy) is 2. The predicted molar refractivity (Wildman–Crippen MR) is 106 cm³/mol. The number of carbonyl (C=O) groups is 2. The highest BCUT2D eigenvalue weighted by Crippen LogP contribution is 2.35. The van der Waals surface area contributed by atoms with Crippen molar-refractivity contribution in [3.05, 3.63) is 81.5 Å². The second-order valence-corrected chi connectivity index (χ2v) is 7.32. The summed E-state index contributed by atoms with van der Waals surface area (Å²) in [6.45, 7) is 0.352. The van der Waals surface area contributed by atoms with E-state index < -0.39 is 0 Å². The molecule has 6 heteroatoms. The lowest BCUT2D eigenvalue weighted by atomic mass is 9.92. The van der Waals surface area contributed by atoms with E-state index in [2.05, 4.69) is 0 Å². The molecule has 1 aromatic heterocycles. The molecule has 0 saturated carbocycles. The van der Waals surface area contributed by atoms with Gasteiger partial charge in [-0.15, -0.1) is 0 Å². The van der Waals surface area contributed by atoms with Crippen LogP contribution >= 0.6 is 11.3 Å². The van der Waals surface area contributed by atoms with Gasteiger partial charge in [-0.25, -0.2) is 0 Å². The summed E-state index contributed by atoms with van der Waals surface area (Å²) >= 11 is 1.56. The van der Waals surface area contributed by atoms with Crippen LogP contribution in [0.5, 0.6) is 11.5 Å². The number of rotatable bonds is 3. The molecule has 0 spiro atoms. The summed E-state index contributed by atoms with van der Waals surface area (Å²) in [6.07, 6.45) is 1.84. The summed E-state index contributed by atoms with van der Waals surface area (Å²) in [4.78, 5) is 27.6. The van der Waals surface area contributed by atoms with Gasteiger partial charge in [0.25, 0.3) is 11.8 Å². The van der Waals surface area contributed by atoms with Crippen molar-refractivity contribution in [2.45, 2.75) is 6.54 Å². The number of hydrogen-bond donors (Lipinski definition) is 0. The van der Waals surface area contributed by atoms with Gasteiger partial charge >= 0.3 is 0 Å². The average Bonchev–Trinajstić information content (AvgIpc) is 3.40. The molecule has 3 heterocycles. The summed E-state index contributed by atoms with van der Waals surface area (Å²) in [5, 5.41) is 3.93. The van der Waals surface area contributed by atoms with E-state index >= 15 is 0 Å². The molecule has 138 valence electrons. The van der Waals surface area contributed by atoms with Gasteiger partial charge in [0.15, 0.2) is 11.5 Å². The Balaban J connectivity index is 1.55. The summed E-state index contributed by atoms with van der Waals surface area (Å²) < 4.78 is 10.7. The number of hydrogen-bond acceptors (Lipinski definition) is 5. The Morgan fingerprint density at radius 2 is 1.79 bits per heavy atom. The van der Waals surface area contributed by atoms with Crippen molar-refractivity contribution in [3.63, 3.8) is 0 Å². The Morgan fingerprint density at radius 3 is 2.61 bits per heavy atom. The zero-order valence-electron chi connectivity index (χ0n) is 14.8. The van der Waals surface area contributed by atoms with Gasteiger partial charge in [0.1, 0.15) is 0 Å². The van der Waals surface area contributed by atoms with E-state index in [0.29, 0.717) is 28.2 Å². The van der Waals surface area contributed by atoms with Crippen LogP contribution in [0.1, 0.15) is 27.0 Å². The third-order valence-corrected chi connectivity index (χ3v) is 5.50. The maximum absolute atomic E-state index is 13.2. The number of nitrogens with zero attached hydrogens (tertiary/aromatic N) is 1. The van der Waals surface area contributed by atoms with Gasteiger partial charge < -0.3 is 9.47 Å². The van der Waals surface area contributed by atoms with Gasteiger partial charge in [0.2, 0.25) is 6.79 Å². The third-order valence-electron chi connectivity index (χ3n) is 4.80.